The minimum absolute atomic E-state index is 0.0214. The normalized spacial score (nSPS) is 14.2. The maximum atomic E-state index is 11.3. The van der Waals surface area contributed by atoms with Gasteiger partial charge in [0.15, 0.2) is 0 Å². The lowest BCUT2D eigenvalue weighted by Crippen LogP contribution is -2.27. The zero-order valence-electron chi connectivity index (χ0n) is 11.3. The zero-order chi connectivity index (χ0) is 13.8. The molecule has 0 aliphatic heterocycles. The van der Waals surface area contributed by atoms with Crippen molar-refractivity contribution in [3.8, 4) is 0 Å². The molecular weight excluding hydrogens is 246 g/mol. The summed E-state index contributed by atoms with van der Waals surface area (Å²) in [6, 6.07) is 0. The Hall–Kier alpha value is -1.92. The monoisotopic (exact) mass is 265 g/mol. The second-order valence-corrected chi connectivity index (χ2v) is 4.66. The topological polar surface area (TPSA) is 84.2 Å². The Morgan fingerprint density at radius 2 is 2.21 bits per heavy atom. The average Bonchev–Trinajstić information content (AvgIpc) is 3.19. The van der Waals surface area contributed by atoms with Crippen molar-refractivity contribution in [1.29, 1.82) is 0 Å². The van der Waals surface area contributed by atoms with E-state index in [1.165, 1.54) is 19.2 Å². The number of nitrogens with zero attached hydrogens (tertiary/aromatic N) is 4. The Balaban J connectivity index is 2.35. The molecule has 0 unspecified atom stereocenters. The lowest BCUT2D eigenvalue weighted by molar-refractivity contribution is -0.383. The highest BCUT2D eigenvalue weighted by atomic mass is 16.6. The van der Waals surface area contributed by atoms with Gasteiger partial charge < -0.3 is 10.2 Å². The summed E-state index contributed by atoms with van der Waals surface area (Å²) in [5, 5.41) is 14.2. The molecule has 7 nitrogen and oxygen atoms in total. The Labute approximate surface area is 112 Å². The summed E-state index contributed by atoms with van der Waals surface area (Å²) >= 11 is 0. The van der Waals surface area contributed by atoms with Gasteiger partial charge >= 0.3 is 5.69 Å². The fourth-order valence-corrected chi connectivity index (χ4v) is 2.04. The van der Waals surface area contributed by atoms with E-state index in [-0.39, 0.29) is 5.69 Å². The summed E-state index contributed by atoms with van der Waals surface area (Å²) in [6.07, 6.45) is 3.79. The van der Waals surface area contributed by atoms with Crippen LogP contribution in [0.2, 0.25) is 0 Å². The van der Waals surface area contributed by atoms with Crippen molar-refractivity contribution >= 4 is 17.3 Å². The fraction of sp³-hybridized carbons (Fsp3) is 0.667. The van der Waals surface area contributed by atoms with Crippen LogP contribution >= 0.6 is 0 Å². The molecule has 7 heteroatoms. The molecule has 0 amide bonds. The van der Waals surface area contributed by atoms with E-state index in [1.54, 1.807) is 0 Å². The summed E-state index contributed by atoms with van der Waals surface area (Å²) in [6.45, 7) is 6.00. The van der Waals surface area contributed by atoms with Crippen molar-refractivity contribution < 1.29 is 4.92 Å². The third-order valence-electron chi connectivity index (χ3n) is 3.19. The van der Waals surface area contributed by atoms with Gasteiger partial charge in [0.1, 0.15) is 6.33 Å². The molecule has 0 radical (unpaired) electrons. The molecule has 1 aromatic heterocycles. The van der Waals surface area contributed by atoms with Gasteiger partial charge in [0.2, 0.25) is 11.6 Å². The molecule has 19 heavy (non-hydrogen) atoms. The molecule has 1 aliphatic carbocycles. The quantitative estimate of drug-likeness (QED) is 0.600. The molecule has 0 bridgehead atoms. The van der Waals surface area contributed by atoms with Crippen LogP contribution in [0.5, 0.6) is 0 Å². The van der Waals surface area contributed by atoms with Gasteiger partial charge in [-0.3, -0.25) is 10.1 Å². The van der Waals surface area contributed by atoms with Gasteiger partial charge in [-0.2, -0.15) is 0 Å². The average molecular weight is 265 g/mol. The van der Waals surface area contributed by atoms with Crippen LogP contribution in [0.3, 0.4) is 0 Å². The first-order chi connectivity index (χ1) is 9.17. The second kappa shape index (κ2) is 5.81. The fourth-order valence-electron chi connectivity index (χ4n) is 2.04. The summed E-state index contributed by atoms with van der Waals surface area (Å²) in [4.78, 5) is 21.0. The molecule has 0 saturated heterocycles. The van der Waals surface area contributed by atoms with Crippen LogP contribution in [-0.4, -0.2) is 34.5 Å². The molecule has 2 rings (SSSR count). The molecular formula is C12H19N5O2. The van der Waals surface area contributed by atoms with Crippen molar-refractivity contribution in [3.05, 3.63) is 16.4 Å². The van der Waals surface area contributed by atoms with Crippen molar-refractivity contribution in [2.75, 3.05) is 29.9 Å². The number of nitrogens with one attached hydrogen (secondary N) is 1. The molecule has 1 aliphatic rings. The second-order valence-electron chi connectivity index (χ2n) is 4.66. The first kappa shape index (κ1) is 13.5. The third-order valence-corrected chi connectivity index (χ3v) is 3.19. The standard InChI is InChI=1S/C12H19N5O2/c1-3-13-11-10(17(18)19)12(15-8-14-11)16(4-2)7-9-5-6-9/h8-9H,3-7H2,1-2H3,(H,13,14,15). The number of rotatable bonds is 7. The summed E-state index contributed by atoms with van der Waals surface area (Å²) < 4.78 is 0. The van der Waals surface area contributed by atoms with E-state index >= 15 is 0 Å². The van der Waals surface area contributed by atoms with Crippen molar-refractivity contribution in [3.63, 3.8) is 0 Å². The largest absolute Gasteiger partial charge is 0.364 e. The number of anilines is 2. The van der Waals surface area contributed by atoms with Gasteiger partial charge in [-0.1, -0.05) is 0 Å². The van der Waals surface area contributed by atoms with E-state index in [0.717, 1.165) is 6.54 Å². The van der Waals surface area contributed by atoms with Crippen LogP contribution in [0.25, 0.3) is 0 Å². The molecule has 0 atom stereocenters. The Kier molecular flexibility index (Phi) is 4.13. The lowest BCUT2D eigenvalue weighted by atomic mass is 10.3. The predicted molar refractivity (Wildman–Crippen MR) is 73.5 cm³/mol. The Bertz CT molecular complexity index is 461. The first-order valence-corrected chi connectivity index (χ1v) is 6.65. The minimum Gasteiger partial charge on any atom is -0.364 e. The number of nitro groups is 1. The van der Waals surface area contributed by atoms with Crippen molar-refractivity contribution in [1.82, 2.24) is 9.97 Å². The molecule has 104 valence electrons. The van der Waals surface area contributed by atoms with E-state index < -0.39 is 4.92 Å². The van der Waals surface area contributed by atoms with Gasteiger partial charge in [0.05, 0.1) is 4.92 Å². The maximum Gasteiger partial charge on any atom is 0.353 e. The van der Waals surface area contributed by atoms with Crippen LogP contribution in [0.4, 0.5) is 17.3 Å². The third kappa shape index (κ3) is 3.10. The molecule has 1 heterocycles. The first-order valence-electron chi connectivity index (χ1n) is 6.65. The van der Waals surface area contributed by atoms with Crippen LogP contribution in [0.15, 0.2) is 6.33 Å². The molecule has 0 spiro atoms. The highest BCUT2D eigenvalue weighted by Crippen LogP contribution is 2.35. The summed E-state index contributed by atoms with van der Waals surface area (Å²) in [5.74, 6) is 1.37. The highest BCUT2D eigenvalue weighted by Gasteiger charge is 2.30. The van der Waals surface area contributed by atoms with Crippen LogP contribution in [0.1, 0.15) is 26.7 Å². The van der Waals surface area contributed by atoms with E-state index in [4.69, 9.17) is 0 Å². The SMILES string of the molecule is CCNc1ncnc(N(CC)CC2CC2)c1[N+](=O)[O-]. The van der Waals surface area contributed by atoms with Gasteiger partial charge in [-0.15, -0.1) is 0 Å². The van der Waals surface area contributed by atoms with Crippen molar-refractivity contribution in [2.45, 2.75) is 26.7 Å². The van der Waals surface area contributed by atoms with E-state index in [2.05, 4.69) is 15.3 Å². The van der Waals surface area contributed by atoms with Crippen molar-refractivity contribution in [2.24, 2.45) is 5.92 Å². The highest BCUT2D eigenvalue weighted by molar-refractivity contribution is 5.70. The van der Waals surface area contributed by atoms with Crippen LogP contribution in [0, 0.1) is 16.0 Å². The van der Waals surface area contributed by atoms with Gasteiger partial charge in [0.25, 0.3) is 0 Å². The summed E-state index contributed by atoms with van der Waals surface area (Å²) in [5.41, 5.74) is -0.0214. The lowest BCUT2D eigenvalue weighted by Gasteiger charge is -2.21. The maximum absolute atomic E-state index is 11.3. The smallest absolute Gasteiger partial charge is 0.353 e. The molecule has 1 aromatic rings. The van der Waals surface area contributed by atoms with Crippen LogP contribution in [-0.2, 0) is 0 Å². The molecule has 0 aromatic carbocycles. The minimum atomic E-state index is -0.400. The zero-order valence-corrected chi connectivity index (χ0v) is 11.3. The number of hydrogen-bond donors (Lipinski definition) is 1. The van der Waals surface area contributed by atoms with Gasteiger partial charge in [-0.05, 0) is 32.6 Å². The number of aromatic nitrogens is 2. The van der Waals surface area contributed by atoms with Gasteiger partial charge in [0, 0.05) is 19.6 Å². The van der Waals surface area contributed by atoms with E-state index in [0.29, 0.717) is 30.6 Å². The number of hydrogen-bond acceptors (Lipinski definition) is 6. The molecule has 1 fully saturated rings. The molecule has 1 saturated carbocycles. The van der Waals surface area contributed by atoms with E-state index in [1.807, 2.05) is 18.7 Å². The van der Waals surface area contributed by atoms with E-state index in [9.17, 15) is 10.1 Å². The summed E-state index contributed by atoms with van der Waals surface area (Å²) in [7, 11) is 0. The Morgan fingerprint density at radius 1 is 1.47 bits per heavy atom. The Morgan fingerprint density at radius 3 is 2.74 bits per heavy atom. The van der Waals surface area contributed by atoms with Crippen LogP contribution < -0.4 is 10.2 Å². The van der Waals surface area contributed by atoms with Gasteiger partial charge in [-0.25, -0.2) is 9.97 Å². The molecule has 1 N–H and O–H groups in total. The predicted octanol–water partition coefficient (Wildman–Crippen LogP) is 2.05.